The minimum Gasteiger partial charge on any atom is -0.497 e. The van der Waals surface area contributed by atoms with Gasteiger partial charge < -0.3 is 19.9 Å². The number of para-hydroxylation sites is 1. The van der Waals surface area contributed by atoms with E-state index in [0.29, 0.717) is 28.8 Å². The molecule has 0 fully saturated rings. The maximum absolute atomic E-state index is 12.5. The van der Waals surface area contributed by atoms with Crippen LogP contribution in [0.15, 0.2) is 66.3 Å². The van der Waals surface area contributed by atoms with Crippen LogP contribution in [0.1, 0.15) is 28.7 Å². The number of hydrogen-bond donors (Lipinski definition) is 2. The quantitative estimate of drug-likeness (QED) is 0.331. The number of hydrogen-bond acceptors (Lipinski definition) is 6. The number of amides is 2. The first kappa shape index (κ1) is 24.1. The Morgan fingerprint density at radius 1 is 1.15 bits per heavy atom. The van der Waals surface area contributed by atoms with Crippen molar-refractivity contribution in [3.05, 3.63) is 78.1 Å². The van der Waals surface area contributed by atoms with Gasteiger partial charge in [0.2, 0.25) is 5.91 Å². The van der Waals surface area contributed by atoms with Crippen LogP contribution >= 0.6 is 11.8 Å². The summed E-state index contributed by atoms with van der Waals surface area (Å²) in [5, 5.41) is 14.8. The number of ether oxygens (including phenoxy) is 1. The SMILES string of the molecule is C=CCn1c(CNC(=O)c2ccc(OC)cc2)nnc1SCC(=O)Nc1ccccc1CC. The number of rotatable bonds is 11. The van der Waals surface area contributed by atoms with E-state index in [2.05, 4.69) is 27.4 Å². The Morgan fingerprint density at radius 3 is 2.61 bits per heavy atom. The molecule has 0 aliphatic heterocycles. The predicted octanol–water partition coefficient (Wildman–Crippen LogP) is 3.70. The van der Waals surface area contributed by atoms with Gasteiger partial charge in [0.05, 0.1) is 19.4 Å². The number of aromatic nitrogens is 3. The van der Waals surface area contributed by atoms with Crippen molar-refractivity contribution in [1.82, 2.24) is 20.1 Å². The van der Waals surface area contributed by atoms with Gasteiger partial charge in [0.15, 0.2) is 11.0 Å². The van der Waals surface area contributed by atoms with Crippen LogP contribution in [-0.2, 0) is 24.3 Å². The van der Waals surface area contributed by atoms with Crippen molar-refractivity contribution in [3.8, 4) is 5.75 Å². The Balaban J connectivity index is 1.60. The fraction of sp³-hybridized carbons (Fsp3) is 0.250. The highest BCUT2D eigenvalue weighted by Gasteiger charge is 2.15. The molecule has 1 aromatic heterocycles. The summed E-state index contributed by atoms with van der Waals surface area (Å²) in [5.74, 6) is 1.10. The van der Waals surface area contributed by atoms with Crippen LogP contribution in [0.4, 0.5) is 5.69 Å². The average Bonchev–Trinajstić information content (AvgIpc) is 3.23. The van der Waals surface area contributed by atoms with Crippen molar-refractivity contribution in [2.45, 2.75) is 31.6 Å². The van der Waals surface area contributed by atoms with E-state index >= 15 is 0 Å². The first-order chi connectivity index (χ1) is 16.0. The average molecular weight is 466 g/mol. The molecule has 33 heavy (non-hydrogen) atoms. The number of carbonyl (C=O) groups excluding carboxylic acids is 2. The van der Waals surface area contributed by atoms with Gasteiger partial charge in [0.25, 0.3) is 5.91 Å². The largest absolute Gasteiger partial charge is 0.497 e. The Labute approximate surface area is 197 Å². The van der Waals surface area contributed by atoms with Crippen molar-refractivity contribution < 1.29 is 14.3 Å². The van der Waals surface area contributed by atoms with E-state index in [1.807, 2.05) is 35.8 Å². The molecule has 3 rings (SSSR count). The molecule has 0 saturated carbocycles. The molecule has 3 aromatic rings. The third-order valence-electron chi connectivity index (χ3n) is 4.87. The van der Waals surface area contributed by atoms with E-state index in [-0.39, 0.29) is 24.1 Å². The van der Waals surface area contributed by atoms with Gasteiger partial charge in [-0.25, -0.2) is 0 Å². The topological polar surface area (TPSA) is 98.1 Å². The molecule has 0 bridgehead atoms. The van der Waals surface area contributed by atoms with Gasteiger partial charge in [-0.3, -0.25) is 9.59 Å². The lowest BCUT2D eigenvalue weighted by molar-refractivity contribution is -0.113. The zero-order valence-electron chi connectivity index (χ0n) is 18.7. The normalized spacial score (nSPS) is 10.5. The minimum absolute atomic E-state index is 0.122. The van der Waals surface area contributed by atoms with Crippen molar-refractivity contribution in [2.24, 2.45) is 0 Å². The molecule has 0 unspecified atom stereocenters. The molecule has 2 aromatic carbocycles. The third-order valence-corrected chi connectivity index (χ3v) is 5.84. The van der Waals surface area contributed by atoms with Crippen LogP contribution in [0.2, 0.25) is 0 Å². The highest BCUT2D eigenvalue weighted by Crippen LogP contribution is 2.20. The van der Waals surface area contributed by atoms with Crippen molar-refractivity contribution in [2.75, 3.05) is 18.2 Å². The molecule has 0 aliphatic rings. The second kappa shape index (κ2) is 11.9. The molecular weight excluding hydrogens is 438 g/mol. The summed E-state index contributed by atoms with van der Waals surface area (Å²) in [4.78, 5) is 24.9. The summed E-state index contributed by atoms with van der Waals surface area (Å²) >= 11 is 1.29. The van der Waals surface area contributed by atoms with E-state index in [0.717, 1.165) is 17.7 Å². The molecule has 9 heteroatoms. The number of nitrogens with one attached hydrogen (secondary N) is 2. The monoisotopic (exact) mass is 465 g/mol. The van der Waals surface area contributed by atoms with Crippen molar-refractivity contribution in [3.63, 3.8) is 0 Å². The van der Waals surface area contributed by atoms with E-state index in [1.54, 1.807) is 37.5 Å². The maximum atomic E-state index is 12.5. The molecule has 0 aliphatic carbocycles. The number of nitrogens with zero attached hydrogens (tertiary/aromatic N) is 3. The van der Waals surface area contributed by atoms with E-state index < -0.39 is 0 Å². The molecule has 0 atom stereocenters. The molecule has 0 spiro atoms. The summed E-state index contributed by atoms with van der Waals surface area (Å²) in [7, 11) is 1.57. The molecule has 2 amide bonds. The second-order valence-electron chi connectivity index (χ2n) is 7.06. The number of allylic oxidation sites excluding steroid dienone is 1. The first-order valence-corrected chi connectivity index (χ1v) is 11.5. The Bertz CT molecular complexity index is 1110. The molecule has 1 heterocycles. The third kappa shape index (κ3) is 6.45. The zero-order valence-corrected chi connectivity index (χ0v) is 19.5. The standard InChI is InChI=1S/C24H27N5O3S/c1-4-14-29-21(15-25-23(31)18-10-12-19(32-3)13-11-18)27-28-24(29)33-16-22(30)26-20-9-7-6-8-17(20)5-2/h4,6-13H,1,5,14-16H2,2-3H3,(H,25,31)(H,26,30). The fourth-order valence-electron chi connectivity index (χ4n) is 3.14. The Kier molecular flexibility index (Phi) is 8.65. The molecule has 8 nitrogen and oxygen atoms in total. The lowest BCUT2D eigenvalue weighted by Gasteiger charge is -2.10. The number of anilines is 1. The van der Waals surface area contributed by atoms with E-state index in [4.69, 9.17) is 4.74 Å². The molecule has 172 valence electrons. The van der Waals surface area contributed by atoms with Crippen LogP contribution in [0.5, 0.6) is 5.75 Å². The van der Waals surface area contributed by atoms with Gasteiger partial charge in [-0.1, -0.05) is 43.0 Å². The lowest BCUT2D eigenvalue weighted by atomic mass is 10.1. The second-order valence-corrected chi connectivity index (χ2v) is 8.00. The highest BCUT2D eigenvalue weighted by molar-refractivity contribution is 7.99. The summed E-state index contributed by atoms with van der Waals surface area (Å²) in [6.45, 7) is 6.49. The fourth-order valence-corrected chi connectivity index (χ4v) is 3.91. The van der Waals surface area contributed by atoms with Crippen molar-refractivity contribution in [1.29, 1.82) is 0 Å². The van der Waals surface area contributed by atoms with E-state index in [1.165, 1.54) is 11.8 Å². The number of thioether (sulfide) groups is 1. The van der Waals surface area contributed by atoms with Crippen LogP contribution in [0.3, 0.4) is 0 Å². The van der Waals surface area contributed by atoms with Crippen LogP contribution in [-0.4, -0.2) is 39.4 Å². The van der Waals surface area contributed by atoms with Gasteiger partial charge in [-0.2, -0.15) is 0 Å². The first-order valence-electron chi connectivity index (χ1n) is 10.5. The summed E-state index contributed by atoms with van der Waals surface area (Å²) < 4.78 is 6.95. The number of aryl methyl sites for hydroxylation is 1. The number of benzene rings is 2. The van der Waals surface area contributed by atoms with Gasteiger partial charge >= 0.3 is 0 Å². The highest BCUT2D eigenvalue weighted by atomic mass is 32.2. The smallest absolute Gasteiger partial charge is 0.251 e. The molecular formula is C24H27N5O3S. The van der Waals surface area contributed by atoms with Crippen LogP contribution < -0.4 is 15.4 Å². The predicted molar refractivity (Wildman–Crippen MR) is 130 cm³/mol. The van der Waals surface area contributed by atoms with Gasteiger partial charge in [-0.15, -0.1) is 16.8 Å². The van der Waals surface area contributed by atoms with Gasteiger partial charge in [-0.05, 0) is 42.3 Å². The Hall–Kier alpha value is -3.59. The molecule has 0 radical (unpaired) electrons. The summed E-state index contributed by atoms with van der Waals surface area (Å²) in [5.41, 5.74) is 2.42. The van der Waals surface area contributed by atoms with Crippen LogP contribution in [0.25, 0.3) is 0 Å². The van der Waals surface area contributed by atoms with Gasteiger partial charge in [0.1, 0.15) is 5.75 Å². The molecule has 2 N–H and O–H groups in total. The van der Waals surface area contributed by atoms with Gasteiger partial charge in [0, 0.05) is 17.8 Å². The zero-order chi connectivity index (χ0) is 23.6. The number of carbonyl (C=O) groups is 2. The van der Waals surface area contributed by atoms with Crippen molar-refractivity contribution >= 4 is 29.3 Å². The number of methoxy groups -OCH3 is 1. The summed E-state index contributed by atoms with van der Waals surface area (Å²) in [6.07, 6.45) is 2.56. The summed E-state index contributed by atoms with van der Waals surface area (Å²) in [6, 6.07) is 14.6. The maximum Gasteiger partial charge on any atom is 0.251 e. The van der Waals surface area contributed by atoms with E-state index in [9.17, 15) is 9.59 Å². The minimum atomic E-state index is -0.228. The van der Waals surface area contributed by atoms with Crippen LogP contribution in [0, 0.1) is 0 Å². The Morgan fingerprint density at radius 2 is 1.91 bits per heavy atom. The molecule has 0 saturated heterocycles. The lowest BCUT2D eigenvalue weighted by Crippen LogP contribution is -2.24.